The van der Waals surface area contributed by atoms with Crippen LogP contribution in [0.2, 0.25) is 0 Å². The standard InChI is InChI=1S/C9H12N4/c1-3-7-5-11-9(13-7)8-10-4-6(2)12-8/h4-5H,3H2,1-2H3,(H,10,12)(H,11,13). The van der Waals surface area contributed by atoms with Crippen molar-refractivity contribution in [1.82, 2.24) is 19.9 Å². The van der Waals surface area contributed by atoms with E-state index in [4.69, 9.17) is 0 Å². The van der Waals surface area contributed by atoms with E-state index in [0.29, 0.717) is 0 Å². The van der Waals surface area contributed by atoms with Crippen molar-refractivity contribution in [3.05, 3.63) is 23.8 Å². The number of H-pyrrole nitrogens is 2. The molecule has 68 valence electrons. The summed E-state index contributed by atoms with van der Waals surface area (Å²) in [5.74, 6) is 1.61. The molecule has 0 aliphatic carbocycles. The van der Waals surface area contributed by atoms with E-state index in [1.807, 2.05) is 13.1 Å². The molecule has 2 rings (SSSR count). The van der Waals surface area contributed by atoms with Gasteiger partial charge in [0.05, 0.1) is 0 Å². The molecule has 13 heavy (non-hydrogen) atoms. The lowest BCUT2D eigenvalue weighted by Gasteiger charge is -1.89. The largest absolute Gasteiger partial charge is 0.340 e. The average molecular weight is 176 g/mol. The van der Waals surface area contributed by atoms with Gasteiger partial charge in [-0.25, -0.2) is 9.97 Å². The lowest BCUT2D eigenvalue weighted by molar-refractivity contribution is 1.06. The number of rotatable bonds is 2. The molecule has 0 fully saturated rings. The molecule has 0 bridgehead atoms. The van der Waals surface area contributed by atoms with Crippen molar-refractivity contribution in [2.24, 2.45) is 0 Å². The SMILES string of the molecule is CCc1cnc(-c2ncc(C)[nH]2)[nH]1. The van der Waals surface area contributed by atoms with Gasteiger partial charge in [0.15, 0.2) is 11.6 Å². The van der Waals surface area contributed by atoms with Crippen molar-refractivity contribution < 1.29 is 0 Å². The molecule has 0 aliphatic heterocycles. The normalized spacial score (nSPS) is 10.6. The Bertz CT molecular complexity index is 399. The molecule has 0 aliphatic rings. The van der Waals surface area contributed by atoms with Crippen molar-refractivity contribution in [3.8, 4) is 11.6 Å². The number of nitrogens with one attached hydrogen (secondary N) is 2. The summed E-state index contributed by atoms with van der Waals surface area (Å²) >= 11 is 0. The summed E-state index contributed by atoms with van der Waals surface area (Å²) in [6.45, 7) is 4.06. The Morgan fingerprint density at radius 3 is 2.38 bits per heavy atom. The second-order valence-electron chi connectivity index (χ2n) is 3.03. The van der Waals surface area contributed by atoms with Gasteiger partial charge in [-0.05, 0) is 13.3 Å². The summed E-state index contributed by atoms with van der Waals surface area (Å²) in [6.07, 6.45) is 4.60. The fraction of sp³-hybridized carbons (Fsp3) is 0.333. The summed E-state index contributed by atoms with van der Waals surface area (Å²) in [4.78, 5) is 14.7. The number of aryl methyl sites for hydroxylation is 2. The van der Waals surface area contributed by atoms with E-state index in [0.717, 1.165) is 29.5 Å². The quantitative estimate of drug-likeness (QED) is 0.731. The molecule has 2 N–H and O–H groups in total. The first-order valence-electron chi connectivity index (χ1n) is 4.35. The molecular weight excluding hydrogens is 164 g/mol. The van der Waals surface area contributed by atoms with Crippen LogP contribution in [-0.2, 0) is 6.42 Å². The molecule has 0 saturated carbocycles. The second-order valence-corrected chi connectivity index (χ2v) is 3.03. The van der Waals surface area contributed by atoms with E-state index in [2.05, 4.69) is 26.9 Å². The lowest BCUT2D eigenvalue weighted by atomic mass is 10.4. The Hall–Kier alpha value is -1.58. The van der Waals surface area contributed by atoms with Crippen LogP contribution in [0.5, 0.6) is 0 Å². The zero-order valence-electron chi connectivity index (χ0n) is 7.76. The van der Waals surface area contributed by atoms with Gasteiger partial charge in [-0.3, -0.25) is 0 Å². The minimum absolute atomic E-state index is 0.803. The minimum Gasteiger partial charge on any atom is -0.340 e. The number of aromatic nitrogens is 4. The maximum Gasteiger partial charge on any atom is 0.173 e. The Balaban J connectivity index is 2.35. The molecule has 0 radical (unpaired) electrons. The average Bonchev–Trinajstić information content (AvgIpc) is 2.71. The highest BCUT2D eigenvalue weighted by atomic mass is 15.0. The lowest BCUT2D eigenvalue weighted by Crippen LogP contribution is -1.84. The van der Waals surface area contributed by atoms with Crippen LogP contribution in [0.25, 0.3) is 11.6 Å². The van der Waals surface area contributed by atoms with Crippen LogP contribution in [0.4, 0.5) is 0 Å². The van der Waals surface area contributed by atoms with Crippen molar-refractivity contribution >= 4 is 0 Å². The van der Waals surface area contributed by atoms with Crippen molar-refractivity contribution in [2.75, 3.05) is 0 Å². The van der Waals surface area contributed by atoms with Gasteiger partial charge in [0, 0.05) is 23.8 Å². The van der Waals surface area contributed by atoms with Crippen LogP contribution < -0.4 is 0 Å². The first kappa shape index (κ1) is 8.04. The van der Waals surface area contributed by atoms with Crippen molar-refractivity contribution in [1.29, 1.82) is 0 Å². The van der Waals surface area contributed by atoms with Gasteiger partial charge in [0.1, 0.15) is 0 Å². The van der Waals surface area contributed by atoms with Crippen molar-refractivity contribution in [3.63, 3.8) is 0 Å². The predicted molar refractivity (Wildman–Crippen MR) is 50.3 cm³/mol. The zero-order valence-corrected chi connectivity index (χ0v) is 7.76. The third kappa shape index (κ3) is 1.47. The molecule has 0 amide bonds. The minimum atomic E-state index is 0.803. The summed E-state index contributed by atoms with van der Waals surface area (Å²) in [5, 5.41) is 0. The molecule has 2 aromatic heterocycles. The highest BCUT2D eigenvalue weighted by molar-refractivity contribution is 5.43. The fourth-order valence-corrected chi connectivity index (χ4v) is 1.19. The Labute approximate surface area is 76.4 Å². The molecule has 0 unspecified atom stereocenters. The van der Waals surface area contributed by atoms with Gasteiger partial charge in [-0.15, -0.1) is 0 Å². The van der Waals surface area contributed by atoms with Crippen LogP contribution >= 0.6 is 0 Å². The van der Waals surface area contributed by atoms with Crippen LogP contribution in [0.15, 0.2) is 12.4 Å². The molecule has 0 saturated heterocycles. The maximum atomic E-state index is 4.22. The maximum absolute atomic E-state index is 4.22. The van der Waals surface area contributed by atoms with Gasteiger partial charge in [-0.1, -0.05) is 6.92 Å². The molecule has 2 aromatic rings. The zero-order chi connectivity index (χ0) is 9.26. The van der Waals surface area contributed by atoms with Crippen LogP contribution in [0.3, 0.4) is 0 Å². The molecule has 0 atom stereocenters. The van der Waals surface area contributed by atoms with Crippen LogP contribution in [0, 0.1) is 6.92 Å². The molecule has 2 heterocycles. The van der Waals surface area contributed by atoms with E-state index in [1.165, 1.54) is 0 Å². The van der Waals surface area contributed by atoms with Gasteiger partial charge >= 0.3 is 0 Å². The highest BCUT2D eigenvalue weighted by Crippen LogP contribution is 2.11. The molecular formula is C9H12N4. The van der Waals surface area contributed by atoms with Gasteiger partial charge in [-0.2, -0.15) is 0 Å². The molecule has 0 aromatic carbocycles. The van der Waals surface area contributed by atoms with E-state index in [1.54, 1.807) is 6.20 Å². The monoisotopic (exact) mass is 176 g/mol. The van der Waals surface area contributed by atoms with Crippen LogP contribution in [0.1, 0.15) is 18.3 Å². The number of imidazole rings is 2. The van der Waals surface area contributed by atoms with Gasteiger partial charge in [0.2, 0.25) is 0 Å². The summed E-state index contributed by atoms with van der Waals surface area (Å²) in [6, 6.07) is 0. The molecule has 4 nitrogen and oxygen atoms in total. The molecule has 4 heteroatoms. The van der Waals surface area contributed by atoms with Crippen molar-refractivity contribution in [2.45, 2.75) is 20.3 Å². The smallest absolute Gasteiger partial charge is 0.173 e. The Kier molecular flexibility index (Phi) is 1.88. The summed E-state index contributed by atoms with van der Waals surface area (Å²) in [7, 11) is 0. The number of nitrogens with zero attached hydrogens (tertiary/aromatic N) is 2. The third-order valence-electron chi connectivity index (χ3n) is 1.94. The first-order chi connectivity index (χ1) is 6.29. The van der Waals surface area contributed by atoms with Gasteiger partial charge in [0.25, 0.3) is 0 Å². The van der Waals surface area contributed by atoms with E-state index >= 15 is 0 Å². The van der Waals surface area contributed by atoms with Gasteiger partial charge < -0.3 is 9.97 Å². The third-order valence-corrected chi connectivity index (χ3v) is 1.94. The number of hydrogen-bond donors (Lipinski definition) is 2. The Morgan fingerprint density at radius 1 is 1.15 bits per heavy atom. The second kappa shape index (κ2) is 3.05. The summed E-state index contributed by atoms with van der Waals surface area (Å²) < 4.78 is 0. The highest BCUT2D eigenvalue weighted by Gasteiger charge is 2.04. The summed E-state index contributed by atoms with van der Waals surface area (Å²) in [5.41, 5.74) is 2.17. The van der Waals surface area contributed by atoms with E-state index in [9.17, 15) is 0 Å². The Morgan fingerprint density at radius 2 is 1.85 bits per heavy atom. The topological polar surface area (TPSA) is 57.4 Å². The number of aromatic amines is 2. The van der Waals surface area contributed by atoms with Crippen LogP contribution in [-0.4, -0.2) is 19.9 Å². The predicted octanol–water partition coefficient (Wildman–Crippen LogP) is 1.67. The number of hydrogen-bond acceptors (Lipinski definition) is 2. The first-order valence-corrected chi connectivity index (χ1v) is 4.35. The molecule has 0 spiro atoms. The van der Waals surface area contributed by atoms with E-state index in [-0.39, 0.29) is 0 Å². The fourth-order valence-electron chi connectivity index (χ4n) is 1.19. The van der Waals surface area contributed by atoms with E-state index < -0.39 is 0 Å².